The van der Waals surface area contributed by atoms with Crippen LogP contribution in [0.4, 0.5) is 0 Å². The number of hydrogen-bond acceptors (Lipinski definition) is 5. The topological polar surface area (TPSA) is 76.1 Å². The van der Waals surface area contributed by atoms with Crippen LogP contribution in [0.1, 0.15) is 36.0 Å². The lowest BCUT2D eigenvalue weighted by molar-refractivity contribution is -0.134. The number of likely N-dealkylation sites (tertiary alicyclic amines) is 1. The molecular formula is C22H27NO5. The first-order chi connectivity index (χ1) is 13.6. The predicted molar refractivity (Wildman–Crippen MR) is 103 cm³/mol. The fourth-order valence-electron chi connectivity index (χ4n) is 4.78. The summed E-state index contributed by atoms with van der Waals surface area (Å²) in [5, 5.41) is 10.6. The molecule has 1 amide bonds. The molecule has 28 heavy (non-hydrogen) atoms. The lowest BCUT2D eigenvalue weighted by Gasteiger charge is -2.35. The maximum absolute atomic E-state index is 12.7. The van der Waals surface area contributed by atoms with Crippen molar-refractivity contribution in [3.63, 3.8) is 0 Å². The number of amides is 1. The number of ether oxygens (including phenoxy) is 2. The lowest BCUT2D eigenvalue weighted by atomic mass is 9.78. The van der Waals surface area contributed by atoms with E-state index in [2.05, 4.69) is 12.2 Å². The molecule has 0 unspecified atom stereocenters. The van der Waals surface area contributed by atoms with Crippen molar-refractivity contribution in [1.29, 1.82) is 0 Å². The summed E-state index contributed by atoms with van der Waals surface area (Å²) in [6.45, 7) is 1.45. The highest BCUT2D eigenvalue weighted by Crippen LogP contribution is 2.39. The zero-order valence-electron chi connectivity index (χ0n) is 16.1. The number of carbonyl (C=O) groups excluding carboxylic acids is 2. The highest BCUT2D eigenvalue weighted by atomic mass is 16.5. The second-order valence-corrected chi connectivity index (χ2v) is 8.09. The van der Waals surface area contributed by atoms with E-state index in [1.165, 1.54) is 7.11 Å². The summed E-state index contributed by atoms with van der Waals surface area (Å²) >= 11 is 0. The van der Waals surface area contributed by atoms with Gasteiger partial charge < -0.3 is 19.5 Å². The zero-order chi connectivity index (χ0) is 19.7. The van der Waals surface area contributed by atoms with Gasteiger partial charge in [0, 0.05) is 19.0 Å². The minimum absolute atomic E-state index is 0.0871. The van der Waals surface area contributed by atoms with Crippen LogP contribution in [0, 0.1) is 17.8 Å². The zero-order valence-corrected chi connectivity index (χ0v) is 16.1. The Bertz CT molecular complexity index is 768. The third-order valence-corrected chi connectivity index (χ3v) is 6.32. The van der Waals surface area contributed by atoms with Gasteiger partial charge in [-0.05, 0) is 49.7 Å². The molecule has 0 spiro atoms. The van der Waals surface area contributed by atoms with E-state index in [-0.39, 0.29) is 11.8 Å². The second kappa shape index (κ2) is 7.95. The standard InChI is InChI=1S/C22H27NO5/c1-27-22(26)17-8-4-5-9-19(17)28-20-11-16-13-23(12-15(16)10-18(20)24)21(25)14-6-2-3-7-14/h2-5,8-9,14-16,18,20,24H,6-7,10-13H2,1H3/t15-,16+,18+,20+/m0/s1. The largest absolute Gasteiger partial charge is 0.487 e. The first-order valence-corrected chi connectivity index (χ1v) is 10.0. The molecule has 1 saturated heterocycles. The molecule has 4 atom stereocenters. The molecular weight excluding hydrogens is 358 g/mol. The Labute approximate surface area is 165 Å². The van der Waals surface area contributed by atoms with Gasteiger partial charge in [0.05, 0.1) is 13.2 Å². The molecule has 6 heteroatoms. The van der Waals surface area contributed by atoms with Gasteiger partial charge in [0.15, 0.2) is 0 Å². The van der Waals surface area contributed by atoms with Crippen LogP contribution in [0.15, 0.2) is 36.4 Å². The van der Waals surface area contributed by atoms with Crippen LogP contribution in [0.3, 0.4) is 0 Å². The molecule has 0 radical (unpaired) electrons. The first-order valence-electron chi connectivity index (χ1n) is 10.0. The molecule has 1 saturated carbocycles. The number of rotatable bonds is 4. The lowest BCUT2D eigenvalue weighted by Crippen LogP contribution is -2.42. The van der Waals surface area contributed by atoms with Crippen LogP contribution >= 0.6 is 0 Å². The summed E-state index contributed by atoms with van der Waals surface area (Å²) in [6, 6.07) is 6.93. The Morgan fingerprint density at radius 2 is 1.75 bits per heavy atom. The SMILES string of the molecule is COC(=O)c1ccccc1O[C@@H]1C[C@@H]2CN(C(=O)C3CC=CC3)C[C@@H]2C[C@H]1O. The predicted octanol–water partition coefficient (Wildman–Crippen LogP) is 2.42. The number of esters is 1. The molecule has 2 aliphatic carbocycles. The smallest absolute Gasteiger partial charge is 0.341 e. The summed E-state index contributed by atoms with van der Waals surface area (Å²) in [7, 11) is 1.34. The average molecular weight is 385 g/mol. The number of methoxy groups -OCH3 is 1. The second-order valence-electron chi connectivity index (χ2n) is 8.09. The van der Waals surface area contributed by atoms with Crippen molar-refractivity contribution >= 4 is 11.9 Å². The summed E-state index contributed by atoms with van der Waals surface area (Å²) in [5.74, 6) is 0.925. The van der Waals surface area contributed by atoms with Crippen molar-refractivity contribution in [2.75, 3.05) is 20.2 Å². The number of fused-ring (bicyclic) bond motifs is 1. The number of carbonyl (C=O) groups is 2. The van der Waals surface area contributed by atoms with Crippen molar-refractivity contribution in [2.24, 2.45) is 17.8 Å². The molecule has 6 nitrogen and oxygen atoms in total. The van der Waals surface area contributed by atoms with Gasteiger partial charge in [-0.15, -0.1) is 0 Å². The molecule has 4 rings (SSSR count). The summed E-state index contributed by atoms with van der Waals surface area (Å²) in [4.78, 5) is 26.7. The van der Waals surface area contributed by atoms with Gasteiger partial charge >= 0.3 is 5.97 Å². The van der Waals surface area contributed by atoms with Crippen LogP contribution in [-0.2, 0) is 9.53 Å². The van der Waals surface area contributed by atoms with Gasteiger partial charge in [-0.2, -0.15) is 0 Å². The Balaban J connectivity index is 1.42. The normalized spacial score (nSPS) is 29.6. The number of allylic oxidation sites excluding steroid dienone is 2. The molecule has 3 aliphatic rings. The van der Waals surface area contributed by atoms with E-state index in [1.54, 1.807) is 24.3 Å². The molecule has 1 aromatic carbocycles. The average Bonchev–Trinajstić information content (AvgIpc) is 3.37. The van der Waals surface area contributed by atoms with Crippen molar-refractivity contribution in [3.8, 4) is 5.75 Å². The van der Waals surface area contributed by atoms with Crippen LogP contribution in [0.25, 0.3) is 0 Å². The van der Waals surface area contributed by atoms with Crippen molar-refractivity contribution in [2.45, 2.75) is 37.9 Å². The van der Waals surface area contributed by atoms with E-state index < -0.39 is 18.2 Å². The third-order valence-electron chi connectivity index (χ3n) is 6.32. The van der Waals surface area contributed by atoms with E-state index >= 15 is 0 Å². The molecule has 0 aromatic heterocycles. The van der Waals surface area contributed by atoms with E-state index in [0.29, 0.717) is 36.0 Å². The van der Waals surface area contributed by atoms with Gasteiger partial charge in [0.25, 0.3) is 0 Å². The fourth-order valence-corrected chi connectivity index (χ4v) is 4.78. The number of benzene rings is 1. The van der Waals surface area contributed by atoms with E-state index in [9.17, 15) is 14.7 Å². The molecule has 150 valence electrons. The molecule has 1 heterocycles. The van der Waals surface area contributed by atoms with Crippen LogP contribution in [-0.4, -0.2) is 54.3 Å². The number of para-hydroxylation sites is 1. The van der Waals surface area contributed by atoms with E-state index in [4.69, 9.17) is 9.47 Å². The van der Waals surface area contributed by atoms with Crippen molar-refractivity contribution in [3.05, 3.63) is 42.0 Å². The quantitative estimate of drug-likeness (QED) is 0.636. The minimum atomic E-state index is -0.616. The van der Waals surface area contributed by atoms with Crippen LogP contribution < -0.4 is 4.74 Å². The fraction of sp³-hybridized carbons (Fsp3) is 0.545. The third kappa shape index (κ3) is 3.65. The van der Waals surface area contributed by atoms with Crippen LogP contribution in [0.5, 0.6) is 5.75 Å². The van der Waals surface area contributed by atoms with Gasteiger partial charge in [0.1, 0.15) is 17.4 Å². The van der Waals surface area contributed by atoms with Gasteiger partial charge in [-0.25, -0.2) is 4.79 Å². The van der Waals surface area contributed by atoms with E-state index in [0.717, 1.165) is 25.9 Å². The number of nitrogens with zero attached hydrogens (tertiary/aromatic N) is 1. The van der Waals surface area contributed by atoms with E-state index in [1.807, 2.05) is 4.90 Å². The van der Waals surface area contributed by atoms with Crippen LogP contribution in [0.2, 0.25) is 0 Å². The Morgan fingerprint density at radius 3 is 2.46 bits per heavy atom. The molecule has 1 aliphatic heterocycles. The van der Waals surface area contributed by atoms with Gasteiger partial charge in [0.2, 0.25) is 5.91 Å². The number of aliphatic hydroxyl groups is 1. The number of hydrogen-bond donors (Lipinski definition) is 1. The monoisotopic (exact) mass is 385 g/mol. The van der Waals surface area contributed by atoms with Gasteiger partial charge in [-0.3, -0.25) is 4.79 Å². The number of aliphatic hydroxyl groups excluding tert-OH is 1. The molecule has 1 N–H and O–H groups in total. The highest BCUT2D eigenvalue weighted by Gasteiger charge is 2.44. The van der Waals surface area contributed by atoms with Crippen molar-refractivity contribution < 1.29 is 24.2 Å². The van der Waals surface area contributed by atoms with Gasteiger partial charge in [-0.1, -0.05) is 24.3 Å². The Morgan fingerprint density at radius 1 is 1.07 bits per heavy atom. The molecule has 1 aromatic rings. The molecule has 0 bridgehead atoms. The Hall–Kier alpha value is -2.34. The Kier molecular flexibility index (Phi) is 5.40. The molecule has 2 fully saturated rings. The first kappa shape index (κ1) is 19.0. The summed E-state index contributed by atoms with van der Waals surface area (Å²) in [5.41, 5.74) is 0.358. The summed E-state index contributed by atoms with van der Waals surface area (Å²) in [6.07, 6.45) is 6.12. The maximum Gasteiger partial charge on any atom is 0.341 e. The minimum Gasteiger partial charge on any atom is -0.487 e. The highest BCUT2D eigenvalue weighted by molar-refractivity contribution is 5.92. The maximum atomic E-state index is 12.7. The van der Waals surface area contributed by atoms with Crippen molar-refractivity contribution in [1.82, 2.24) is 4.90 Å². The summed E-state index contributed by atoms with van der Waals surface area (Å²) < 4.78 is 10.9.